The van der Waals surface area contributed by atoms with Crippen molar-refractivity contribution < 1.29 is 9.53 Å². The van der Waals surface area contributed by atoms with Crippen LogP contribution in [0.5, 0.6) is 0 Å². The second-order valence-corrected chi connectivity index (χ2v) is 3.37. The summed E-state index contributed by atoms with van der Waals surface area (Å²) < 4.78 is 4.96. The van der Waals surface area contributed by atoms with Gasteiger partial charge >= 0.3 is 5.97 Å². The number of rotatable bonds is 2. The average Bonchev–Trinajstić information content (AvgIpc) is 2.04. The van der Waals surface area contributed by atoms with E-state index in [1.807, 2.05) is 13.8 Å². The van der Waals surface area contributed by atoms with E-state index < -0.39 is 0 Å². The molecule has 0 fully saturated rings. The Labute approximate surface area is 79.3 Å². The normalized spacial score (nSPS) is 17.0. The van der Waals surface area contributed by atoms with Crippen molar-refractivity contribution in [2.75, 3.05) is 6.61 Å². The van der Waals surface area contributed by atoms with Gasteiger partial charge in [-0.15, -0.1) is 0 Å². The first-order valence-corrected chi connectivity index (χ1v) is 4.69. The number of carbonyl (C=O) groups excluding carboxylic acids is 1. The molecule has 2 nitrogen and oxygen atoms in total. The Morgan fingerprint density at radius 1 is 1.46 bits per heavy atom. The van der Waals surface area contributed by atoms with Crippen molar-refractivity contribution in [1.82, 2.24) is 0 Å². The van der Waals surface area contributed by atoms with Gasteiger partial charge in [-0.05, 0) is 39.2 Å². The van der Waals surface area contributed by atoms with Crippen LogP contribution in [0.1, 0.15) is 33.6 Å². The fraction of sp³-hybridized carbons (Fsp3) is 0.545. The second-order valence-electron chi connectivity index (χ2n) is 3.37. The van der Waals surface area contributed by atoms with Crippen LogP contribution in [0.3, 0.4) is 0 Å². The highest BCUT2D eigenvalue weighted by molar-refractivity contribution is 5.90. The molecule has 0 saturated carbocycles. The molecule has 72 valence electrons. The minimum Gasteiger partial charge on any atom is -0.463 e. The van der Waals surface area contributed by atoms with Gasteiger partial charge < -0.3 is 4.74 Å². The number of hydrogen-bond donors (Lipinski definition) is 0. The molecule has 0 heterocycles. The van der Waals surface area contributed by atoms with Crippen molar-refractivity contribution >= 4 is 5.97 Å². The van der Waals surface area contributed by atoms with Crippen LogP contribution in [0.15, 0.2) is 22.8 Å². The SMILES string of the molecule is CCOC(=O)C1=C(C)C=C(C)CC1. The quantitative estimate of drug-likeness (QED) is 0.610. The minimum absolute atomic E-state index is 0.149. The Bertz CT molecular complexity index is 272. The first-order valence-electron chi connectivity index (χ1n) is 4.69. The fourth-order valence-corrected chi connectivity index (χ4v) is 1.53. The Balaban J connectivity index is 2.79. The van der Waals surface area contributed by atoms with Gasteiger partial charge in [-0.1, -0.05) is 11.6 Å². The standard InChI is InChI=1S/C11H16O2/c1-4-13-11(12)10-6-5-8(2)7-9(10)3/h7H,4-6H2,1-3H3. The van der Waals surface area contributed by atoms with Crippen molar-refractivity contribution in [2.24, 2.45) is 0 Å². The van der Waals surface area contributed by atoms with E-state index in [0.717, 1.165) is 24.0 Å². The van der Waals surface area contributed by atoms with Gasteiger partial charge in [-0.2, -0.15) is 0 Å². The molecular formula is C11H16O2. The number of carbonyl (C=O) groups is 1. The summed E-state index contributed by atoms with van der Waals surface area (Å²) in [7, 11) is 0. The van der Waals surface area contributed by atoms with Crippen LogP contribution in [0.2, 0.25) is 0 Å². The average molecular weight is 180 g/mol. The molecule has 0 atom stereocenters. The zero-order chi connectivity index (χ0) is 9.84. The van der Waals surface area contributed by atoms with E-state index in [0.29, 0.717) is 6.61 Å². The third-order valence-electron chi connectivity index (χ3n) is 2.23. The largest absolute Gasteiger partial charge is 0.463 e. The Morgan fingerprint density at radius 2 is 2.15 bits per heavy atom. The molecule has 0 unspecified atom stereocenters. The molecule has 0 N–H and O–H groups in total. The predicted molar refractivity (Wildman–Crippen MR) is 52.3 cm³/mol. The Hall–Kier alpha value is -1.05. The number of allylic oxidation sites excluding steroid dienone is 3. The molecule has 1 aliphatic carbocycles. The van der Waals surface area contributed by atoms with Crippen molar-refractivity contribution in [3.05, 3.63) is 22.8 Å². The number of esters is 1. The van der Waals surface area contributed by atoms with Gasteiger partial charge in [-0.25, -0.2) is 4.79 Å². The van der Waals surface area contributed by atoms with Gasteiger partial charge in [0.15, 0.2) is 0 Å². The van der Waals surface area contributed by atoms with E-state index in [4.69, 9.17) is 4.74 Å². The minimum atomic E-state index is -0.149. The molecule has 2 heteroatoms. The van der Waals surface area contributed by atoms with Gasteiger partial charge in [0.05, 0.1) is 6.61 Å². The summed E-state index contributed by atoms with van der Waals surface area (Å²) in [6.07, 6.45) is 3.87. The van der Waals surface area contributed by atoms with Gasteiger partial charge in [0, 0.05) is 5.57 Å². The van der Waals surface area contributed by atoms with Crippen LogP contribution in [0.4, 0.5) is 0 Å². The summed E-state index contributed by atoms with van der Waals surface area (Å²) in [4.78, 5) is 11.4. The third kappa shape index (κ3) is 2.44. The van der Waals surface area contributed by atoms with E-state index >= 15 is 0 Å². The molecule has 0 aliphatic heterocycles. The predicted octanol–water partition coefficient (Wildman–Crippen LogP) is 2.61. The molecule has 0 aromatic rings. The highest BCUT2D eigenvalue weighted by atomic mass is 16.5. The lowest BCUT2D eigenvalue weighted by molar-refractivity contribution is -0.138. The molecule has 1 aliphatic rings. The van der Waals surface area contributed by atoms with Gasteiger partial charge in [0.1, 0.15) is 0 Å². The Kier molecular flexibility index (Phi) is 3.29. The monoisotopic (exact) mass is 180 g/mol. The summed E-state index contributed by atoms with van der Waals surface area (Å²) in [6, 6.07) is 0. The molecule has 0 radical (unpaired) electrons. The molecule has 0 aromatic heterocycles. The van der Waals surface area contributed by atoms with Crippen LogP contribution in [-0.2, 0) is 9.53 Å². The van der Waals surface area contributed by atoms with Crippen LogP contribution in [0.25, 0.3) is 0 Å². The zero-order valence-electron chi connectivity index (χ0n) is 8.52. The van der Waals surface area contributed by atoms with E-state index in [2.05, 4.69) is 13.0 Å². The van der Waals surface area contributed by atoms with Crippen LogP contribution < -0.4 is 0 Å². The molecule has 13 heavy (non-hydrogen) atoms. The van der Waals surface area contributed by atoms with Gasteiger partial charge in [-0.3, -0.25) is 0 Å². The molecule has 0 aromatic carbocycles. The van der Waals surface area contributed by atoms with Crippen LogP contribution >= 0.6 is 0 Å². The van der Waals surface area contributed by atoms with E-state index in [-0.39, 0.29) is 5.97 Å². The lowest BCUT2D eigenvalue weighted by Crippen LogP contribution is -2.11. The van der Waals surface area contributed by atoms with Crippen molar-refractivity contribution in [2.45, 2.75) is 33.6 Å². The summed E-state index contributed by atoms with van der Waals surface area (Å²) in [5.41, 5.74) is 3.24. The molecule has 0 amide bonds. The first kappa shape index (κ1) is 10.0. The topological polar surface area (TPSA) is 26.3 Å². The molecule has 0 spiro atoms. The van der Waals surface area contributed by atoms with Crippen molar-refractivity contribution in [3.8, 4) is 0 Å². The third-order valence-corrected chi connectivity index (χ3v) is 2.23. The van der Waals surface area contributed by atoms with Gasteiger partial charge in [0.25, 0.3) is 0 Å². The lowest BCUT2D eigenvalue weighted by atomic mass is 9.94. The van der Waals surface area contributed by atoms with E-state index in [9.17, 15) is 4.79 Å². The number of hydrogen-bond acceptors (Lipinski definition) is 2. The van der Waals surface area contributed by atoms with Crippen molar-refractivity contribution in [3.63, 3.8) is 0 Å². The summed E-state index contributed by atoms with van der Waals surface area (Å²) in [6.45, 7) is 6.34. The maximum Gasteiger partial charge on any atom is 0.334 e. The molecule has 1 rings (SSSR count). The summed E-state index contributed by atoms with van der Waals surface area (Å²) in [5, 5.41) is 0. The fourth-order valence-electron chi connectivity index (χ4n) is 1.53. The highest BCUT2D eigenvalue weighted by Gasteiger charge is 2.16. The zero-order valence-corrected chi connectivity index (χ0v) is 8.52. The van der Waals surface area contributed by atoms with Crippen LogP contribution in [0, 0.1) is 0 Å². The maximum atomic E-state index is 11.4. The highest BCUT2D eigenvalue weighted by Crippen LogP contribution is 2.24. The van der Waals surface area contributed by atoms with Crippen LogP contribution in [-0.4, -0.2) is 12.6 Å². The lowest BCUT2D eigenvalue weighted by Gasteiger charge is -2.14. The van der Waals surface area contributed by atoms with Crippen molar-refractivity contribution in [1.29, 1.82) is 0 Å². The van der Waals surface area contributed by atoms with E-state index in [1.54, 1.807) is 0 Å². The van der Waals surface area contributed by atoms with E-state index in [1.165, 1.54) is 5.57 Å². The Morgan fingerprint density at radius 3 is 2.69 bits per heavy atom. The first-order chi connectivity index (χ1) is 6.15. The molecule has 0 saturated heterocycles. The molecular weight excluding hydrogens is 164 g/mol. The number of ether oxygens (including phenoxy) is 1. The summed E-state index contributed by atoms with van der Waals surface area (Å²) in [5.74, 6) is -0.149. The maximum absolute atomic E-state index is 11.4. The second kappa shape index (κ2) is 4.26. The van der Waals surface area contributed by atoms with Gasteiger partial charge in [0.2, 0.25) is 0 Å². The smallest absolute Gasteiger partial charge is 0.334 e. The molecule has 0 bridgehead atoms. The summed E-state index contributed by atoms with van der Waals surface area (Å²) >= 11 is 0.